The number of hydrogen-bond donors (Lipinski definition) is 5. The van der Waals surface area contributed by atoms with Gasteiger partial charge in [-0.3, -0.25) is 0 Å². The van der Waals surface area contributed by atoms with Crippen molar-refractivity contribution < 1.29 is 44.2 Å². The average Bonchev–Trinajstić information content (AvgIpc) is 2.91. The molecule has 0 aliphatic carbocycles. The SMILES string of the molecule is O=C(O)c1ccc[c]([Sb]2(=[O])[O]C(CO)C(C(O)C(O)C(=O)O)[O]2)c1. The second kappa shape index (κ2) is 7.22. The van der Waals surface area contributed by atoms with E-state index in [1.165, 1.54) is 18.2 Å². The Morgan fingerprint density at radius 3 is 2.42 bits per heavy atom. The predicted molar refractivity (Wildman–Crippen MR) is 76.0 cm³/mol. The van der Waals surface area contributed by atoms with Crippen LogP contribution in [0.15, 0.2) is 24.3 Å². The molecule has 0 amide bonds. The molecule has 1 heterocycles. The number of benzene rings is 1. The summed E-state index contributed by atoms with van der Waals surface area (Å²) in [5.74, 6) is -2.99. The van der Waals surface area contributed by atoms with Crippen molar-refractivity contribution in [3.63, 3.8) is 0 Å². The van der Waals surface area contributed by atoms with Gasteiger partial charge in [0.25, 0.3) is 0 Å². The summed E-state index contributed by atoms with van der Waals surface area (Å²) in [6.07, 6.45) is -7.10. The zero-order valence-corrected chi connectivity index (χ0v) is 14.6. The second-order valence-electron chi connectivity index (χ2n) is 5.02. The van der Waals surface area contributed by atoms with E-state index in [1.807, 2.05) is 0 Å². The fourth-order valence-electron chi connectivity index (χ4n) is 2.17. The summed E-state index contributed by atoms with van der Waals surface area (Å²) < 4.78 is 23.2. The first-order valence-electron chi connectivity index (χ1n) is 6.70. The van der Waals surface area contributed by atoms with Gasteiger partial charge < -0.3 is 0 Å². The molecule has 10 nitrogen and oxygen atoms in total. The molecule has 2 rings (SSSR count). The molecule has 1 aliphatic heterocycles. The summed E-state index contributed by atoms with van der Waals surface area (Å²) in [6, 6.07) is 4.97. The van der Waals surface area contributed by atoms with Crippen molar-refractivity contribution in [2.75, 3.05) is 6.61 Å². The Morgan fingerprint density at radius 2 is 1.88 bits per heavy atom. The molecule has 1 aliphatic rings. The van der Waals surface area contributed by atoms with Gasteiger partial charge in [-0.05, 0) is 0 Å². The molecule has 0 aromatic heterocycles. The molecule has 1 aromatic rings. The maximum atomic E-state index is 12.9. The van der Waals surface area contributed by atoms with Crippen LogP contribution in [0.5, 0.6) is 0 Å². The van der Waals surface area contributed by atoms with Crippen LogP contribution in [0.2, 0.25) is 0 Å². The van der Waals surface area contributed by atoms with Crippen LogP contribution in [0.4, 0.5) is 0 Å². The molecular formula is C13H15O10Sb. The van der Waals surface area contributed by atoms with Crippen LogP contribution in [0, 0.1) is 0 Å². The van der Waals surface area contributed by atoms with Gasteiger partial charge in [0.05, 0.1) is 0 Å². The molecule has 5 unspecified atom stereocenters. The third-order valence-corrected chi connectivity index (χ3v) is 9.05. The molecule has 0 saturated carbocycles. The summed E-state index contributed by atoms with van der Waals surface area (Å²) in [7, 11) is 0. The molecular weight excluding hydrogens is 438 g/mol. The summed E-state index contributed by atoms with van der Waals surface area (Å²) in [4.78, 5) is 21.7. The van der Waals surface area contributed by atoms with Gasteiger partial charge in [0.15, 0.2) is 0 Å². The van der Waals surface area contributed by atoms with Crippen LogP contribution in [0.1, 0.15) is 10.4 Å². The van der Waals surface area contributed by atoms with E-state index in [0.29, 0.717) is 0 Å². The number of aliphatic carboxylic acids is 1. The summed E-state index contributed by atoms with van der Waals surface area (Å²) >= 11 is -5.21. The molecule has 24 heavy (non-hydrogen) atoms. The van der Waals surface area contributed by atoms with Gasteiger partial charge >= 0.3 is 140 Å². The van der Waals surface area contributed by atoms with Crippen LogP contribution >= 0.6 is 0 Å². The van der Waals surface area contributed by atoms with E-state index in [0.717, 1.165) is 6.07 Å². The quantitative estimate of drug-likeness (QED) is 0.291. The molecule has 1 aromatic carbocycles. The van der Waals surface area contributed by atoms with Gasteiger partial charge in [-0.25, -0.2) is 0 Å². The van der Waals surface area contributed by atoms with Gasteiger partial charge in [-0.15, -0.1) is 0 Å². The van der Waals surface area contributed by atoms with Gasteiger partial charge in [0, 0.05) is 0 Å². The Balaban J connectivity index is 2.33. The number of rotatable bonds is 6. The standard InChI is InChI=1S/C7H5O2.C6H10O7.O.Sb/c8-7(9)6-4-2-1-3-5-6;7-1-2(8)3(9)4(10)5(11)6(12)13;;/h1-2,4-5H,(H,8,9);2-5,7,10-11H,1H2,(H,12,13);;/q;-2;;+2. The van der Waals surface area contributed by atoms with Gasteiger partial charge in [-0.1, -0.05) is 0 Å². The number of aromatic carboxylic acids is 1. The average molecular weight is 453 g/mol. The molecule has 5 N–H and O–H groups in total. The minimum absolute atomic E-state index is 0.0497. The molecule has 1 saturated heterocycles. The summed E-state index contributed by atoms with van der Waals surface area (Å²) in [5.41, 5.74) is -0.168. The number of hydrogen-bond acceptors (Lipinski definition) is 8. The number of aliphatic hydroxyl groups is 3. The minimum atomic E-state index is -5.21. The van der Waals surface area contributed by atoms with E-state index < -0.39 is 62.6 Å². The molecule has 0 bridgehead atoms. The van der Waals surface area contributed by atoms with Crippen molar-refractivity contribution in [2.45, 2.75) is 24.4 Å². The van der Waals surface area contributed by atoms with Crippen LogP contribution < -0.4 is 3.51 Å². The van der Waals surface area contributed by atoms with Crippen molar-refractivity contribution in [2.24, 2.45) is 0 Å². The third-order valence-electron chi connectivity index (χ3n) is 3.40. The zero-order chi connectivity index (χ0) is 18.1. The topological polar surface area (TPSA) is 171 Å². The van der Waals surface area contributed by atoms with Crippen molar-refractivity contribution in [1.29, 1.82) is 0 Å². The van der Waals surface area contributed by atoms with Crippen LogP contribution in [-0.2, 0) is 13.8 Å². The normalized spacial score (nSPS) is 29.1. The van der Waals surface area contributed by atoms with Crippen LogP contribution in [0.25, 0.3) is 0 Å². The molecule has 11 heteroatoms. The molecule has 0 spiro atoms. The van der Waals surface area contributed by atoms with E-state index in [4.69, 9.17) is 16.2 Å². The van der Waals surface area contributed by atoms with Crippen LogP contribution in [0.3, 0.4) is 0 Å². The monoisotopic (exact) mass is 452 g/mol. The van der Waals surface area contributed by atoms with Crippen molar-refractivity contribution in [3.05, 3.63) is 29.8 Å². The number of carboxylic acid groups (broad SMARTS) is 2. The van der Waals surface area contributed by atoms with E-state index >= 15 is 0 Å². The summed E-state index contributed by atoms with van der Waals surface area (Å²) in [6.45, 7) is -0.745. The predicted octanol–water partition coefficient (Wildman–Crippen LogP) is -2.46. The van der Waals surface area contributed by atoms with E-state index in [9.17, 15) is 27.9 Å². The molecule has 1 fully saturated rings. The Morgan fingerprint density at radius 1 is 1.21 bits per heavy atom. The first-order valence-corrected chi connectivity index (χ1v) is 11.1. The van der Waals surface area contributed by atoms with Crippen molar-refractivity contribution in [1.82, 2.24) is 0 Å². The fourth-order valence-corrected chi connectivity index (χ4v) is 7.83. The Hall–Kier alpha value is -1.42. The van der Waals surface area contributed by atoms with Crippen molar-refractivity contribution in [3.8, 4) is 0 Å². The maximum absolute atomic E-state index is 12.9. The second-order valence-corrected chi connectivity index (χ2v) is 10.5. The Kier molecular flexibility index (Phi) is 5.69. The van der Waals surface area contributed by atoms with Gasteiger partial charge in [-0.2, -0.15) is 0 Å². The van der Waals surface area contributed by atoms with Crippen molar-refractivity contribution >= 4 is 35.1 Å². The molecule has 5 atom stereocenters. The van der Waals surface area contributed by atoms with Gasteiger partial charge in [0.2, 0.25) is 0 Å². The van der Waals surface area contributed by atoms with E-state index in [-0.39, 0.29) is 9.07 Å². The first kappa shape index (κ1) is 18.9. The number of carboxylic acids is 2. The fraction of sp³-hybridized carbons (Fsp3) is 0.385. The van der Waals surface area contributed by atoms with E-state index in [1.54, 1.807) is 0 Å². The number of carbonyl (C=O) groups is 2. The third kappa shape index (κ3) is 3.64. The van der Waals surface area contributed by atoms with Gasteiger partial charge in [0.1, 0.15) is 0 Å². The Bertz CT molecular complexity index is 689. The first-order chi connectivity index (χ1) is 11.2. The van der Waals surface area contributed by atoms with Crippen LogP contribution in [-0.4, -0.2) is 88.1 Å². The van der Waals surface area contributed by atoms with E-state index in [2.05, 4.69) is 0 Å². The molecule has 132 valence electrons. The molecule has 0 radical (unpaired) electrons. The Labute approximate surface area is 140 Å². The number of aliphatic hydroxyl groups excluding tert-OH is 3. The summed E-state index contributed by atoms with van der Waals surface area (Å²) in [5, 5.41) is 46.2. The zero-order valence-electron chi connectivity index (χ0n) is 12.1.